The first-order valence-electron chi connectivity index (χ1n) is 9.02. The van der Waals surface area contributed by atoms with Gasteiger partial charge in [-0.1, -0.05) is 32.0 Å². The Morgan fingerprint density at radius 2 is 2.12 bits per heavy atom. The maximum absolute atomic E-state index is 12.8. The molecule has 0 fully saturated rings. The highest BCUT2D eigenvalue weighted by atomic mass is 16.2. The minimum absolute atomic E-state index is 0.0235. The van der Waals surface area contributed by atoms with Crippen LogP contribution in [0.3, 0.4) is 0 Å². The molecule has 2 amide bonds. The third kappa shape index (κ3) is 3.07. The van der Waals surface area contributed by atoms with Crippen LogP contribution in [0.1, 0.15) is 59.3 Å². The summed E-state index contributed by atoms with van der Waals surface area (Å²) in [7, 11) is 0. The molecular formula is C20H22N4O2. The van der Waals surface area contributed by atoms with Gasteiger partial charge in [0.2, 0.25) is 5.91 Å². The molecule has 2 aliphatic heterocycles. The predicted molar refractivity (Wildman–Crippen MR) is 96.1 cm³/mol. The minimum atomic E-state index is -0.252. The molecule has 0 aliphatic carbocycles. The van der Waals surface area contributed by atoms with E-state index in [0.717, 1.165) is 29.1 Å². The van der Waals surface area contributed by atoms with E-state index in [0.29, 0.717) is 24.6 Å². The van der Waals surface area contributed by atoms with Crippen LogP contribution in [0.4, 0.5) is 0 Å². The molecule has 0 spiro atoms. The minimum Gasteiger partial charge on any atom is -0.345 e. The molecule has 1 aromatic carbocycles. The van der Waals surface area contributed by atoms with E-state index in [1.807, 2.05) is 24.4 Å². The standard InChI is InChI=1S/C20H22N4O2/c1-12(2)7-18-21-9-13-10-24(11-17(13)22-18)19(25)8-16-14-5-3-4-6-15(14)20(26)23-16/h3-6,9,12,16H,7-8,10-11H2,1-2H3,(H,23,26)/t16-/m0/s1. The second-order valence-corrected chi connectivity index (χ2v) is 7.42. The largest absolute Gasteiger partial charge is 0.345 e. The van der Waals surface area contributed by atoms with Crippen LogP contribution in [0, 0.1) is 5.92 Å². The van der Waals surface area contributed by atoms with Crippen LogP contribution in [0.15, 0.2) is 30.5 Å². The van der Waals surface area contributed by atoms with Gasteiger partial charge in [-0.2, -0.15) is 0 Å². The van der Waals surface area contributed by atoms with Crippen molar-refractivity contribution in [2.45, 2.75) is 45.8 Å². The highest BCUT2D eigenvalue weighted by Gasteiger charge is 2.32. The number of hydrogen-bond donors (Lipinski definition) is 1. The van der Waals surface area contributed by atoms with Crippen LogP contribution < -0.4 is 5.32 Å². The Morgan fingerprint density at radius 1 is 1.31 bits per heavy atom. The molecule has 2 aliphatic rings. The number of rotatable bonds is 4. The number of nitrogens with zero attached hydrogens (tertiary/aromatic N) is 3. The number of nitrogens with one attached hydrogen (secondary N) is 1. The van der Waals surface area contributed by atoms with Crippen molar-refractivity contribution in [3.8, 4) is 0 Å². The van der Waals surface area contributed by atoms with Crippen molar-refractivity contribution in [1.29, 1.82) is 0 Å². The molecule has 26 heavy (non-hydrogen) atoms. The molecule has 0 bridgehead atoms. The van der Waals surface area contributed by atoms with Crippen LogP contribution in [-0.2, 0) is 24.3 Å². The van der Waals surface area contributed by atoms with Crippen molar-refractivity contribution in [2.24, 2.45) is 5.92 Å². The molecule has 1 atom stereocenters. The van der Waals surface area contributed by atoms with E-state index < -0.39 is 0 Å². The van der Waals surface area contributed by atoms with E-state index in [2.05, 4.69) is 29.1 Å². The summed E-state index contributed by atoms with van der Waals surface area (Å²) in [5.41, 5.74) is 3.53. The van der Waals surface area contributed by atoms with Crippen molar-refractivity contribution in [3.05, 3.63) is 58.7 Å². The van der Waals surface area contributed by atoms with Crippen LogP contribution in [0.25, 0.3) is 0 Å². The number of carbonyl (C=O) groups is 2. The van der Waals surface area contributed by atoms with E-state index in [4.69, 9.17) is 0 Å². The summed E-state index contributed by atoms with van der Waals surface area (Å²) < 4.78 is 0. The molecule has 1 aromatic heterocycles. The van der Waals surface area contributed by atoms with E-state index in [-0.39, 0.29) is 24.3 Å². The molecule has 134 valence electrons. The van der Waals surface area contributed by atoms with Crippen LogP contribution in [-0.4, -0.2) is 26.7 Å². The van der Waals surface area contributed by atoms with E-state index in [9.17, 15) is 9.59 Å². The number of carbonyl (C=O) groups excluding carboxylic acids is 2. The molecule has 0 saturated heterocycles. The summed E-state index contributed by atoms with van der Waals surface area (Å²) in [6, 6.07) is 7.19. The Labute approximate surface area is 152 Å². The second-order valence-electron chi connectivity index (χ2n) is 7.42. The van der Waals surface area contributed by atoms with Gasteiger partial charge in [0.05, 0.1) is 24.7 Å². The summed E-state index contributed by atoms with van der Waals surface area (Å²) in [6.45, 7) is 5.34. The third-order valence-electron chi connectivity index (χ3n) is 4.91. The number of fused-ring (bicyclic) bond motifs is 2. The zero-order chi connectivity index (χ0) is 18.3. The van der Waals surface area contributed by atoms with Crippen molar-refractivity contribution < 1.29 is 9.59 Å². The summed E-state index contributed by atoms with van der Waals surface area (Å²) in [5, 5.41) is 2.91. The van der Waals surface area contributed by atoms with Gasteiger partial charge < -0.3 is 10.2 Å². The summed E-state index contributed by atoms with van der Waals surface area (Å²) in [4.78, 5) is 35.7. The van der Waals surface area contributed by atoms with Crippen LogP contribution >= 0.6 is 0 Å². The van der Waals surface area contributed by atoms with Gasteiger partial charge in [0.15, 0.2) is 0 Å². The molecule has 3 heterocycles. The van der Waals surface area contributed by atoms with Gasteiger partial charge in [0.25, 0.3) is 5.91 Å². The normalized spacial score (nSPS) is 18.0. The number of hydrogen-bond acceptors (Lipinski definition) is 4. The summed E-state index contributed by atoms with van der Waals surface area (Å²) >= 11 is 0. The van der Waals surface area contributed by atoms with E-state index in [1.165, 1.54) is 0 Å². The number of amides is 2. The van der Waals surface area contributed by atoms with Crippen molar-refractivity contribution in [3.63, 3.8) is 0 Å². The van der Waals surface area contributed by atoms with Gasteiger partial charge in [0, 0.05) is 30.3 Å². The fourth-order valence-electron chi connectivity index (χ4n) is 3.62. The Balaban J connectivity index is 1.45. The SMILES string of the molecule is CC(C)Cc1ncc2c(n1)CN(C(=O)C[C@@H]1NC(=O)c3ccccc31)C2. The summed E-state index contributed by atoms with van der Waals surface area (Å²) in [5.74, 6) is 1.26. The average molecular weight is 350 g/mol. The molecule has 6 heteroatoms. The first-order valence-corrected chi connectivity index (χ1v) is 9.02. The van der Waals surface area contributed by atoms with Gasteiger partial charge in [-0.25, -0.2) is 9.97 Å². The fourth-order valence-corrected chi connectivity index (χ4v) is 3.62. The fraction of sp³-hybridized carbons (Fsp3) is 0.400. The highest BCUT2D eigenvalue weighted by molar-refractivity contribution is 5.99. The molecule has 4 rings (SSSR count). The first-order chi connectivity index (χ1) is 12.5. The lowest BCUT2D eigenvalue weighted by atomic mass is 10.0. The van der Waals surface area contributed by atoms with Crippen LogP contribution in [0.2, 0.25) is 0 Å². The van der Waals surface area contributed by atoms with Gasteiger partial charge in [-0.3, -0.25) is 9.59 Å². The van der Waals surface area contributed by atoms with Crippen LogP contribution in [0.5, 0.6) is 0 Å². The molecule has 6 nitrogen and oxygen atoms in total. The molecule has 0 unspecified atom stereocenters. The van der Waals surface area contributed by atoms with Gasteiger partial charge >= 0.3 is 0 Å². The van der Waals surface area contributed by atoms with Gasteiger partial charge in [0.1, 0.15) is 5.82 Å². The van der Waals surface area contributed by atoms with Crippen molar-refractivity contribution in [2.75, 3.05) is 0 Å². The van der Waals surface area contributed by atoms with Crippen molar-refractivity contribution >= 4 is 11.8 Å². The maximum Gasteiger partial charge on any atom is 0.252 e. The monoisotopic (exact) mass is 350 g/mol. The van der Waals surface area contributed by atoms with Gasteiger partial charge in [-0.05, 0) is 17.5 Å². The third-order valence-corrected chi connectivity index (χ3v) is 4.91. The lowest BCUT2D eigenvalue weighted by Crippen LogP contribution is -2.30. The second kappa shape index (κ2) is 6.52. The topological polar surface area (TPSA) is 75.2 Å². The maximum atomic E-state index is 12.8. The van der Waals surface area contributed by atoms with E-state index in [1.54, 1.807) is 11.0 Å². The predicted octanol–water partition coefficient (Wildman–Crippen LogP) is 2.39. The zero-order valence-corrected chi connectivity index (χ0v) is 15.0. The number of benzene rings is 1. The summed E-state index contributed by atoms with van der Waals surface area (Å²) in [6.07, 6.45) is 2.95. The molecule has 2 aromatic rings. The zero-order valence-electron chi connectivity index (χ0n) is 15.0. The first kappa shape index (κ1) is 16.7. The molecule has 0 radical (unpaired) electrons. The van der Waals surface area contributed by atoms with Crippen molar-refractivity contribution in [1.82, 2.24) is 20.2 Å². The Morgan fingerprint density at radius 3 is 2.92 bits per heavy atom. The lowest BCUT2D eigenvalue weighted by Gasteiger charge is -2.18. The molecule has 1 N–H and O–H groups in total. The smallest absolute Gasteiger partial charge is 0.252 e. The highest BCUT2D eigenvalue weighted by Crippen LogP contribution is 2.29. The molecule has 0 saturated carbocycles. The number of aromatic nitrogens is 2. The lowest BCUT2D eigenvalue weighted by molar-refractivity contribution is -0.132. The van der Waals surface area contributed by atoms with Gasteiger partial charge in [-0.15, -0.1) is 0 Å². The molecular weight excluding hydrogens is 328 g/mol. The average Bonchev–Trinajstić information content (AvgIpc) is 3.16. The Kier molecular flexibility index (Phi) is 4.18. The Bertz CT molecular complexity index is 878. The Hall–Kier alpha value is -2.76. The quantitative estimate of drug-likeness (QED) is 0.919. The van der Waals surface area contributed by atoms with E-state index >= 15 is 0 Å².